The highest BCUT2D eigenvalue weighted by molar-refractivity contribution is 5.15. The van der Waals surface area contributed by atoms with Crippen molar-refractivity contribution in [1.82, 2.24) is 0 Å². The van der Waals surface area contributed by atoms with E-state index in [1.807, 2.05) is 0 Å². The summed E-state index contributed by atoms with van der Waals surface area (Å²) in [6, 6.07) is 0. The molecule has 25 heavy (non-hydrogen) atoms. The molecule has 16 heteroatoms. The molecule has 1 atom stereocenters. The lowest BCUT2D eigenvalue weighted by Crippen LogP contribution is -2.73. The van der Waals surface area contributed by atoms with Crippen molar-refractivity contribution in [3.63, 3.8) is 0 Å². The molecule has 0 N–H and O–H groups in total. The molecule has 0 bridgehead atoms. The molecule has 0 amide bonds. The van der Waals surface area contributed by atoms with Gasteiger partial charge in [0.1, 0.15) is 0 Å². The molecule has 1 aliphatic heterocycles. The van der Waals surface area contributed by atoms with Crippen LogP contribution in [-0.4, -0.2) is 54.4 Å². The van der Waals surface area contributed by atoms with Crippen molar-refractivity contribution < 1.29 is 70.6 Å². The van der Waals surface area contributed by atoms with Crippen LogP contribution in [-0.2, 0) is 4.74 Å². The van der Waals surface area contributed by atoms with E-state index in [0.717, 1.165) is 0 Å². The Labute approximate surface area is 126 Å². The van der Waals surface area contributed by atoms with Gasteiger partial charge in [0, 0.05) is 0 Å². The predicted octanol–water partition coefficient (Wildman–Crippen LogP) is 4.76. The van der Waals surface area contributed by atoms with Crippen LogP contribution in [0.1, 0.15) is 0 Å². The maximum Gasteiger partial charge on any atom is 0.460 e. The third-order valence-electron chi connectivity index (χ3n) is 3.09. The van der Waals surface area contributed by atoms with Crippen molar-refractivity contribution in [3.8, 4) is 0 Å². The number of epoxide rings is 1. The van der Waals surface area contributed by atoms with Gasteiger partial charge in [0.15, 0.2) is 6.10 Å². The summed E-state index contributed by atoms with van der Waals surface area (Å²) in [7, 11) is 0. The van der Waals surface area contributed by atoms with Gasteiger partial charge in [-0.25, -0.2) is 0 Å². The van der Waals surface area contributed by atoms with Gasteiger partial charge in [-0.2, -0.15) is 65.9 Å². The Morgan fingerprint density at radius 3 is 1.04 bits per heavy atom. The largest absolute Gasteiger partial charge is 0.460 e. The van der Waals surface area contributed by atoms with Crippen molar-refractivity contribution in [3.05, 3.63) is 0 Å². The number of rotatable bonds is 6. The Balaban J connectivity index is 3.48. The van der Waals surface area contributed by atoms with Crippen molar-refractivity contribution in [2.75, 3.05) is 6.61 Å². The highest BCUT2D eigenvalue weighted by Gasteiger charge is 2.94. The maximum atomic E-state index is 13.1. The molecule has 0 aliphatic carbocycles. The molecular weight excluding hydrogens is 409 g/mol. The molecule has 0 aromatic heterocycles. The fourth-order valence-electron chi connectivity index (χ4n) is 1.44. The molecule has 0 spiro atoms. The smallest absolute Gasteiger partial charge is 0.366 e. The first-order chi connectivity index (χ1) is 10.6. The van der Waals surface area contributed by atoms with Crippen molar-refractivity contribution in [1.29, 1.82) is 0 Å². The Kier molecular flexibility index (Phi) is 4.58. The van der Waals surface area contributed by atoms with E-state index in [1.54, 1.807) is 0 Å². The Hall–Kier alpha value is -1.09. The average Bonchev–Trinajstić information content (AvgIpc) is 3.20. The minimum Gasteiger partial charge on any atom is -0.366 e. The quantitative estimate of drug-likeness (QED) is 0.453. The summed E-state index contributed by atoms with van der Waals surface area (Å²) >= 11 is 0. The van der Waals surface area contributed by atoms with Crippen molar-refractivity contribution in [2.24, 2.45) is 0 Å². The second-order valence-electron chi connectivity index (χ2n) is 4.81. The van der Waals surface area contributed by atoms with E-state index in [-0.39, 0.29) is 0 Å². The maximum absolute atomic E-state index is 13.1. The molecule has 1 rings (SSSR count). The first-order valence-corrected chi connectivity index (χ1v) is 5.56. The van der Waals surface area contributed by atoms with Crippen LogP contribution in [0.15, 0.2) is 0 Å². The van der Waals surface area contributed by atoms with Gasteiger partial charge in [0.05, 0.1) is 6.61 Å². The number of ether oxygens (including phenoxy) is 1. The topological polar surface area (TPSA) is 12.5 Å². The Morgan fingerprint density at radius 1 is 0.480 bits per heavy atom. The lowest BCUT2D eigenvalue weighted by atomic mass is 9.90. The van der Waals surface area contributed by atoms with E-state index < -0.39 is 54.4 Å². The van der Waals surface area contributed by atoms with Crippen LogP contribution in [0.4, 0.5) is 65.9 Å². The highest BCUT2D eigenvalue weighted by Crippen LogP contribution is 2.63. The van der Waals surface area contributed by atoms with Crippen LogP contribution in [0.2, 0.25) is 0 Å². The Bertz CT molecular complexity index is 514. The fraction of sp³-hybridized carbons (Fsp3) is 1.00. The molecule has 150 valence electrons. The summed E-state index contributed by atoms with van der Waals surface area (Å²) in [6.07, 6.45) is -10.7. The fourth-order valence-corrected chi connectivity index (χ4v) is 1.44. The first kappa shape index (κ1) is 22.0. The molecule has 0 radical (unpaired) electrons. The van der Waals surface area contributed by atoms with Gasteiger partial charge in [-0.15, -0.1) is 0 Å². The second kappa shape index (κ2) is 5.22. The lowest BCUT2D eigenvalue weighted by Gasteiger charge is -2.41. The van der Waals surface area contributed by atoms with E-state index in [4.69, 9.17) is 0 Å². The van der Waals surface area contributed by atoms with Gasteiger partial charge in [-0.05, 0) is 0 Å². The molecule has 0 aromatic rings. The summed E-state index contributed by atoms with van der Waals surface area (Å²) in [5, 5.41) is 0. The van der Waals surface area contributed by atoms with E-state index in [1.165, 1.54) is 0 Å². The zero-order chi connectivity index (χ0) is 20.5. The first-order valence-electron chi connectivity index (χ1n) is 5.56. The number of hydrogen-bond donors (Lipinski definition) is 0. The van der Waals surface area contributed by atoms with Gasteiger partial charge in [-0.1, -0.05) is 0 Å². The van der Waals surface area contributed by atoms with Gasteiger partial charge < -0.3 is 4.74 Å². The molecule has 1 heterocycles. The summed E-state index contributed by atoms with van der Waals surface area (Å²) < 4.78 is 193. The predicted molar refractivity (Wildman–Crippen MR) is 45.5 cm³/mol. The zero-order valence-corrected chi connectivity index (χ0v) is 10.9. The summed E-state index contributed by atoms with van der Waals surface area (Å²) in [4.78, 5) is 0. The molecule has 0 saturated carbocycles. The van der Waals surface area contributed by atoms with Crippen LogP contribution in [0.25, 0.3) is 0 Å². The summed E-state index contributed by atoms with van der Waals surface area (Å²) in [5.41, 5.74) is 0. The monoisotopic (exact) mass is 412 g/mol. The average molecular weight is 412 g/mol. The van der Waals surface area contributed by atoms with E-state index in [9.17, 15) is 65.9 Å². The van der Waals surface area contributed by atoms with E-state index >= 15 is 0 Å². The molecular formula is C9H3F15O. The minimum atomic E-state index is -8.24. The summed E-state index contributed by atoms with van der Waals surface area (Å²) in [6.45, 7) is -1.40. The molecule has 1 fully saturated rings. The van der Waals surface area contributed by atoms with Crippen LogP contribution in [0.3, 0.4) is 0 Å². The van der Waals surface area contributed by atoms with Gasteiger partial charge in [0.25, 0.3) is 0 Å². The third kappa shape index (κ3) is 2.61. The highest BCUT2D eigenvalue weighted by atomic mass is 19.4. The minimum absolute atomic E-state index is 1.40. The van der Waals surface area contributed by atoms with Crippen LogP contribution < -0.4 is 0 Å². The zero-order valence-electron chi connectivity index (χ0n) is 10.9. The Morgan fingerprint density at radius 2 is 0.760 bits per heavy atom. The molecule has 1 unspecified atom stereocenters. The van der Waals surface area contributed by atoms with Gasteiger partial charge in [-0.3, -0.25) is 0 Å². The molecule has 1 saturated heterocycles. The van der Waals surface area contributed by atoms with Crippen LogP contribution in [0, 0.1) is 0 Å². The summed E-state index contributed by atoms with van der Waals surface area (Å²) in [5.74, 6) is -46.1. The van der Waals surface area contributed by atoms with Crippen molar-refractivity contribution in [2.45, 2.75) is 47.8 Å². The van der Waals surface area contributed by atoms with Crippen LogP contribution >= 0.6 is 0 Å². The van der Waals surface area contributed by atoms with Gasteiger partial charge >= 0.3 is 41.7 Å². The van der Waals surface area contributed by atoms with Crippen molar-refractivity contribution >= 4 is 0 Å². The molecule has 1 aliphatic rings. The number of hydrogen-bond acceptors (Lipinski definition) is 1. The van der Waals surface area contributed by atoms with E-state index in [0.29, 0.717) is 0 Å². The van der Waals surface area contributed by atoms with Gasteiger partial charge in [0.2, 0.25) is 0 Å². The second-order valence-corrected chi connectivity index (χ2v) is 4.81. The standard InChI is InChI=1S/C9H3F15O/c10-3(11,2-1-25-2)4(12,13)5(14,15)6(16,17)7(18,19)8(20,21)9(22,23)24/h2H,1H2. The molecule has 1 nitrogen and oxygen atoms in total. The van der Waals surface area contributed by atoms with E-state index in [2.05, 4.69) is 4.74 Å². The normalized spacial score (nSPS) is 21.5. The SMILES string of the molecule is FC(F)(F)C(F)(F)C(F)(F)C(F)(F)C(F)(F)C(F)(F)C(F)(F)C1CO1. The lowest BCUT2D eigenvalue weighted by molar-refractivity contribution is -0.453. The number of alkyl halides is 15. The molecule has 0 aromatic carbocycles. The van der Waals surface area contributed by atoms with Crippen LogP contribution in [0.5, 0.6) is 0 Å². The third-order valence-corrected chi connectivity index (χ3v) is 3.09. The number of halogens is 15.